The maximum absolute atomic E-state index is 12.2. The van der Waals surface area contributed by atoms with Crippen LogP contribution in [0.15, 0.2) is 24.3 Å². The zero-order valence-electron chi connectivity index (χ0n) is 11.1. The number of nitrogens with zero attached hydrogens (tertiary/aromatic N) is 4. The van der Waals surface area contributed by atoms with Crippen LogP contribution in [0.2, 0.25) is 0 Å². The summed E-state index contributed by atoms with van der Waals surface area (Å²) in [5, 5.41) is 22.3. The highest BCUT2D eigenvalue weighted by molar-refractivity contribution is 5.95. The molecule has 1 aromatic carbocycles. The van der Waals surface area contributed by atoms with Crippen molar-refractivity contribution in [3.8, 4) is 11.4 Å². The van der Waals surface area contributed by atoms with E-state index >= 15 is 0 Å². The summed E-state index contributed by atoms with van der Waals surface area (Å²) in [5.74, 6) is -0.377. The molecular weight excluding hydrogens is 274 g/mol. The summed E-state index contributed by atoms with van der Waals surface area (Å²) < 4.78 is 0. The van der Waals surface area contributed by atoms with Gasteiger partial charge in [-0.25, -0.2) is 0 Å². The fraction of sp³-hybridized carbons (Fsp3) is 0.308. The van der Waals surface area contributed by atoms with Crippen molar-refractivity contribution in [2.24, 2.45) is 5.92 Å². The Bertz CT molecular complexity index is 647. The Kier molecular flexibility index (Phi) is 3.35. The van der Waals surface area contributed by atoms with Gasteiger partial charge in [0.15, 0.2) is 0 Å². The standard InChI is InChI=1S/C13H13N5O3/c19-11(20)5-8-6-18(7-8)13(21)10-3-1-9(2-4-10)12-14-16-17-15-12/h1-4,8H,5-7H2,(H,19,20)(H,14,15,16,17). The van der Waals surface area contributed by atoms with Crippen molar-refractivity contribution in [3.05, 3.63) is 29.8 Å². The Balaban J connectivity index is 1.63. The summed E-state index contributed by atoms with van der Waals surface area (Å²) in [6, 6.07) is 6.93. The minimum absolute atomic E-state index is 0.0602. The summed E-state index contributed by atoms with van der Waals surface area (Å²) in [5.41, 5.74) is 1.34. The molecule has 1 amide bonds. The SMILES string of the molecule is O=C(O)CC1CN(C(=O)c2ccc(-c3nn[nH]n3)cc2)C1. The number of hydrogen-bond donors (Lipinski definition) is 2. The second kappa shape index (κ2) is 5.31. The molecule has 2 aromatic rings. The molecule has 2 heterocycles. The number of H-pyrrole nitrogens is 1. The van der Waals surface area contributed by atoms with Gasteiger partial charge in [-0.15, -0.1) is 10.2 Å². The summed E-state index contributed by atoms with van der Waals surface area (Å²) >= 11 is 0. The van der Waals surface area contributed by atoms with Gasteiger partial charge in [-0.1, -0.05) is 12.1 Å². The Morgan fingerprint density at radius 1 is 1.29 bits per heavy atom. The van der Waals surface area contributed by atoms with Gasteiger partial charge in [0.2, 0.25) is 5.82 Å². The highest BCUT2D eigenvalue weighted by Crippen LogP contribution is 2.22. The molecule has 1 saturated heterocycles. The average Bonchev–Trinajstić information content (AvgIpc) is 2.96. The van der Waals surface area contributed by atoms with Crippen LogP contribution in [0.25, 0.3) is 11.4 Å². The van der Waals surface area contributed by atoms with Crippen LogP contribution in [0, 0.1) is 5.92 Å². The van der Waals surface area contributed by atoms with Gasteiger partial charge >= 0.3 is 5.97 Å². The van der Waals surface area contributed by atoms with Gasteiger partial charge in [-0.05, 0) is 17.3 Å². The number of likely N-dealkylation sites (tertiary alicyclic amines) is 1. The van der Waals surface area contributed by atoms with Crippen LogP contribution in [0.3, 0.4) is 0 Å². The van der Waals surface area contributed by atoms with Gasteiger partial charge < -0.3 is 10.0 Å². The Morgan fingerprint density at radius 3 is 2.57 bits per heavy atom. The normalized spacial score (nSPS) is 14.8. The summed E-state index contributed by atoms with van der Waals surface area (Å²) in [6.07, 6.45) is 0.112. The first-order valence-electron chi connectivity index (χ1n) is 6.48. The lowest BCUT2D eigenvalue weighted by Crippen LogP contribution is -2.50. The van der Waals surface area contributed by atoms with Crippen LogP contribution in [-0.2, 0) is 4.79 Å². The molecule has 1 aliphatic heterocycles. The number of aliphatic carboxylic acids is 1. The van der Waals surface area contributed by atoms with Crippen LogP contribution in [-0.4, -0.2) is 55.6 Å². The van der Waals surface area contributed by atoms with Gasteiger partial charge in [-0.2, -0.15) is 5.21 Å². The average molecular weight is 287 g/mol. The quantitative estimate of drug-likeness (QED) is 0.842. The smallest absolute Gasteiger partial charge is 0.303 e. The largest absolute Gasteiger partial charge is 0.481 e. The minimum atomic E-state index is -0.823. The zero-order chi connectivity index (χ0) is 14.8. The number of amides is 1. The van der Waals surface area contributed by atoms with E-state index in [2.05, 4.69) is 20.6 Å². The molecule has 0 saturated carbocycles. The van der Waals surface area contributed by atoms with Gasteiger partial charge in [-0.3, -0.25) is 9.59 Å². The lowest BCUT2D eigenvalue weighted by Gasteiger charge is -2.38. The summed E-state index contributed by atoms with van der Waals surface area (Å²) in [6.45, 7) is 0.995. The number of tetrazole rings is 1. The first-order chi connectivity index (χ1) is 10.1. The molecule has 8 heteroatoms. The number of carbonyl (C=O) groups excluding carboxylic acids is 1. The third-order valence-electron chi connectivity index (χ3n) is 3.44. The lowest BCUT2D eigenvalue weighted by molar-refractivity contribution is -0.139. The van der Waals surface area contributed by atoms with Crippen LogP contribution in [0.1, 0.15) is 16.8 Å². The van der Waals surface area contributed by atoms with Gasteiger partial charge in [0, 0.05) is 30.1 Å². The number of benzene rings is 1. The molecule has 0 unspecified atom stereocenters. The Labute approximate surface area is 119 Å². The number of aromatic amines is 1. The molecule has 108 valence electrons. The molecule has 0 bridgehead atoms. The van der Waals surface area contributed by atoms with Crippen LogP contribution >= 0.6 is 0 Å². The number of hydrogen-bond acceptors (Lipinski definition) is 5. The highest BCUT2D eigenvalue weighted by atomic mass is 16.4. The number of carbonyl (C=O) groups is 2. The zero-order valence-corrected chi connectivity index (χ0v) is 11.1. The minimum Gasteiger partial charge on any atom is -0.481 e. The number of carboxylic acids is 1. The fourth-order valence-electron chi connectivity index (χ4n) is 2.34. The Morgan fingerprint density at radius 2 is 2.00 bits per heavy atom. The van der Waals surface area contributed by atoms with E-state index in [1.54, 1.807) is 29.2 Å². The van der Waals surface area contributed by atoms with E-state index in [9.17, 15) is 9.59 Å². The van der Waals surface area contributed by atoms with E-state index in [0.29, 0.717) is 24.5 Å². The van der Waals surface area contributed by atoms with Crippen molar-refractivity contribution in [2.75, 3.05) is 13.1 Å². The van der Waals surface area contributed by atoms with E-state index in [4.69, 9.17) is 5.11 Å². The predicted molar refractivity (Wildman–Crippen MR) is 71.3 cm³/mol. The molecular formula is C13H13N5O3. The summed E-state index contributed by atoms with van der Waals surface area (Å²) in [4.78, 5) is 24.4. The first-order valence-corrected chi connectivity index (χ1v) is 6.48. The van der Waals surface area contributed by atoms with Crippen LogP contribution in [0.5, 0.6) is 0 Å². The topological polar surface area (TPSA) is 112 Å². The first kappa shape index (κ1) is 13.2. The second-order valence-electron chi connectivity index (χ2n) is 4.99. The molecule has 21 heavy (non-hydrogen) atoms. The van der Waals surface area contributed by atoms with E-state index in [1.165, 1.54) is 0 Å². The third-order valence-corrected chi connectivity index (χ3v) is 3.44. The summed E-state index contributed by atoms with van der Waals surface area (Å²) in [7, 11) is 0. The molecule has 1 aliphatic rings. The van der Waals surface area contributed by atoms with Crippen molar-refractivity contribution in [2.45, 2.75) is 6.42 Å². The Hall–Kier alpha value is -2.77. The lowest BCUT2D eigenvalue weighted by atomic mass is 9.95. The van der Waals surface area contributed by atoms with Crippen molar-refractivity contribution in [1.82, 2.24) is 25.5 Å². The van der Waals surface area contributed by atoms with E-state index in [1.807, 2.05) is 0 Å². The molecule has 0 atom stereocenters. The molecule has 0 radical (unpaired) electrons. The van der Waals surface area contributed by atoms with Crippen molar-refractivity contribution >= 4 is 11.9 Å². The number of aromatic nitrogens is 4. The fourth-order valence-corrected chi connectivity index (χ4v) is 2.34. The number of nitrogens with one attached hydrogen (secondary N) is 1. The van der Waals surface area contributed by atoms with E-state index in [0.717, 1.165) is 5.56 Å². The van der Waals surface area contributed by atoms with Crippen molar-refractivity contribution in [1.29, 1.82) is 0 Å². The van der Waals surface area contributed by atoms with Gasteiger partial charge in [0.05, 0.1) is 6.42 Å². The van der Waals surface area contributed by atoms with Gasteiger partial charge in [0.25, 0.3) is 5.91 Å². The van der Waals surface area contributed by atoms with E-state index < -0.39 is 5.97 Å². The van der Waals surface area contributed by atoms with Gasteiger partial charge in [0.1, 0.15) is 0 Å². The molecule has 2 N–H and O–H groups in total. The second-order valence-corrected chi connectivity index (χ2v) is 4.99. The number of carboxylic acid groups (broad SMARTS) is 1. The van der Waals surface area contributed by atoms with Crippen LogP contribution < -0.4 is 0 Å². The number of rotatable bonds is 4. The van der Waals surface area contributed by atoms with E-state index in [-0.39, 0.29) is 18.2 Å². The highest BCUT2D eigenvalue weighted by Gasteiger charge is 2.32. The molecule has 1 aromatic heterocycles. The molecule has 0 aliphatic carbocycles. The maximum Gasteiger partial charge on any atom is 0.303 e. The molecule has 8 nitrogen and oxygen atoms in total. The third kappa shape index (κ3) is 2.73. The molecule has 1 fully saturated rings. The monoisotopic (exact) mass is 287 g/mol. The maximum atomic E-state index is 12.2. The van der Waals surface area contributed by atoms with Crippen LogP contribution in [0.4, 0.5) is 0 Å². The molecule has 3 rings (SSSR count). The van der Waals surface area contributed by atoms with Crippen molar-refractivity contribution in [3.63, 3.8) is 0 Å². The predicted octanol–water partition coefficient (Wildman–Crippen LogP) is 0.413. The van der Waals surface area contributed by atoms with Crippen molar-refractivity contribution < 1.29 is 14.7 Å². The molecule has 0 spiro atoms.